The summed E-state index contributed by atoms with van der Waals surface area (Å²) in [4.78, 5) is 12.5. The van der Waals surface area contributed by atoms with Gasteiger partial charge in [0.1, 0.15) is 6.33 Å². The number of carbonyl (C=O) groups is 1. The Bertz CT molecular complexity index is 673. The van der Waals surface area contributed by atoms with Gasteiger partial charge in [0.2, 0.25) is 5.91 Å². The van der Waals surface area contributed by atoms with Gasteiger partial charge >= 0.3 is 0 Å². The van der Waals surface area contributed by atoms with E-state index in [0.717, 1.165) is 17.3 Å². The first-order valence-electron chi connectivity index (χ1n) is 8.57. The molecule has 0 unspecified atom stereocenters. The van der Waals surface area contributed by atoms with Crippen molar-refractivity contribution >= 4 is 17.7 Å². The minimum Gasteiger partial charge on any atom is -0.352 e. The smallest absolute Gasteiger partial charge is 0.233 e. The summed E-state index contributed by atoms with van der Waals surface area (Å²) in [5.41, 5.74) is 0.999. The van der Waals surface area contributed by atoms with E-state index in [1.807, 2.05) is 41.8 Å². The van der Waals surface area contributed by atoms with E-state index in [0.29, 0.717) is 12.0 Å². The number of carbonyl (C=O) groups excluding carboxylic acids is 1. The summed E-state index contributed by atoms with van der Waals surface area (Å²) >= 11 is 1.45. The molecule has 0 radical (unpaired) electrons. The molecule has 0 saturated heterocycles. The highest BCUT2D eigenvalue weighted by molar-refractivity contribution is 8.00. The molecule has 24 heavy (non-hydrogen) atoms. The number of nitrogens with one attached hydrogen (secondary N) is 1. The van der Waals surface area contributed by atoms with Crippen molar-refractivity contribution in [1.29, 1.82) is 0 Å². The maximum absolute atomic E-state index is 12.5. The molecule has 1 fully saturated rings. The maximum atomic E-state index is 12.5. The zero-order chi connectivity index (χ0) is 16.9. The average Bonchev–Trinajstić information content (AvgIpc) is 3.05. The van der Waals surface area contributed by atoms with E-state index in [1.165, 1.54) is 31.0 Å². The van der Waals surface area contributed by atoms with Crippen LogP contribution in [0.2, 0.25) is 0 Å². The van der Waals surface area contributed by atoms with Gasteiger partial charge in [-0.3, -0.25) is 9.36 Å². The number of hydrogen-bond acceptors (Lipinski definition) is 4. The summed E-state index contributed by atoms with van der Waals surface area (Å²) in [6.07, 6.45) is 6.46. The highest BCUT2D eigenvalue weighted by atomic mass is 32.2. The van der Waals surface area contributed by atoms with Gasteiger partial charge in [0.15, 0.2) is 5.16 Å². The highest BCUT2D eigenvalue weighted by Crippen LogP contribution is 2.26. The van der Waals surface area contributed by atoms with Gasteiger partial charge in [-0.25, -0.2) is 0 Å². The standard InChI is InChI=1S/C18H24N4OS/c1-13-8-6-7-11-16(13)20-17(23)14(2)24-18-21-19-12-22(18)15-9-4-3-5-10-15/h3-5,9-10,12-14,16H,6-8,11H2,1-2H3,(H,20,23)/t13-,14+,16-/m0/s1. The monoisotopic (exact) mass is 344 g/mol. The summed E-state index contributed by atoms with van der Waals surface area (Å²) in [7, 11) is 0. The van der Waals surface area contributed by atoms with E-state index in [9.17, 15) is 4.79 Å². The van der Waals surface area contributed by atoms with Crippen LogP contribution in [0.3, 0.4) is 0 Å². The van der Waals surface area contributed by atoms with Crippen molar-refractivity contribution < 1.29 is 4.79 Å². The Balaban J connectivity index is 1.64. The molecule has 1 amide bonds. The molecule has 1 N–H and O–H groups in total. The first-order valence-corrected chi connectivity index (χ1v) is 9.45. The number of amides is 1. The lowest BCUT2D eigenvalue weighted by Gasteiger charge is -2.30. The quantitative estimate of drug-likeness (QED) is 0.844. The summed E-state index contributed by atoms with van der Waals surface area (Å²) in [5, 5.41) is 11.9. The van der Waals surface area contributed by atoms with Gasteiger partial charge < -0.3 is 5.32 Å². The second-order valence-electron chi connectivity index (χ2n) is 6.46. The number of aromatic nitrogens is 3. The van der Waals surface area contributed by atoms with Crippen LogP contribution in [0, 0.1) is 5.92 Å². The van der Waals surface area contributed by atoms with Crippen LogP contribution in [0.5, 0.6) is 0 Å². The molecule has 0 bridgehead atoms. The van der Waals surface area contributed by atoms with Gasteiger partial charge in [-0.2, -0.15) is 0 Å². The van der Waals surface area contributed by atoms with Crippen LogP contribution in [0.4, 0.5) is 0 Å². The van der Waals surface area contributed by atoms with E-state index in [-0.39, 0.29) is 11.2 Å². The van der Waals surface area contributed by atoms with E-state index < -0.39 is 0 Å². The summed E-state index contributed by atoms with van der Waals surface area (Å²) < 4.78 is 1.91. The second-order valence-corrected chi connectivity index (χ2v) is 7.76. The predicted octanol–water partition coefficient (Wildman–Crippen LogP) is 3.44. The van der Waals surface area contributed by atoms with E-state index in [1.54, 1.807) is 6.33 Å². The molecule has 5 nitrogen and oxygen atoms in total. The summed E-state index contributed by atoms with van der Waals surface area (Å²) in [6.45, 7) is 4.16. The van der Waals surface area contributed by atoms with Crippen molar-refractivity contribution in [2.24, 2.45) is 5.92 Å². The molecular formula is C18H24N4OS. The molecular weight excluding hydrogens is 320 g/mol. The molecule has 3 atom stereocenters. The van der Waals surface area contributed by atoms with Crippen LogP contribution < -0.4 is 5.32 Å². The Hall–Kier alpha value is -1.82. The number of nitrogens with zero attached hydrogens (tertiary/aromatic N) is 3. The van der Waals surface area contributed by atoms with Gasteiger partial charge in [-0.1, -0.05) is 49.7 Å². The summed E-state index contributed by atoms with van der Waals surface area (Å²) in [5.74, 6) is 0.647. The number of thioether (sulfide) groups is 1. The Morgan fingerprint density at radius 3 is 2.79 bits per heavy atom. The summed E-state index contributed by atoms with van der Waals surface area (Å²) in [6, 6.07) is 10.2. The van der Waals surface area contributed by atoms with Crippen LogP contribution >= 0.6 is 11.8 Å². The molecule has 1 saturated carbocycles. The Morgan fingerprint density at radius 1 is 1.29 bits per heavy atom. The molecule has 0 aliphatic heterocycles. The predicted molar refractivity (Wildman–Crippen MR) is 96.2 cm³/mol. The van der Waals surface area contributed by atoms with Crippen molar-refractivity contribution in [3.8, 4) is 5.69 Å². The topological polar surface area (TPSA) is 59.8 Å². The van der Waals surface area contributed by atoms with Crippen molar-refractivity contribution in [2.75, 3.05) is 0 Å². The van der Waals surface area contributed by atoms with Crippen molar-refractivity contribution in [1.82, 2.24) is 20.1 Å². The molecule has 6 heteroatoms. The van der Waals surface area contributed by atoms with Crippen LogP contribution in [0.1, 0.15) is 39.5 Å². The third-order valence-corrected chi connectivity index (χ3v) is 5.70. The van der Waals surface area contributed by atoms with Crippen LogP contribution in [-0.4, -0.2) is 32.0 Å². The van der Waals surface area contributed by atoms with Crippen LogP contribution in [0.15, 0.2) is 41.8 Å². The molecule has 1 aliphatic carbocycles. The van der Waals surface area contributed by atoms with Crippen molar-refractivity contribution in [3.05, 3.63) is 36.7 Å². The third-order valence-electron chi connectivity index (χ3n) is 4.64. The molecule has 1 aromatic carbocycles. The lowest BCUT2D eigenvalue weighted by Crippen LogP contribution is -2.44. The van der Waals surface area contributed by atoms with Gasteiger partial charge in [0, 0.05) is 11.7 Å². The zero-order valence-electron chi connectivity index (χ0n) is 14.2. The van der Waals surface area contributed by atoms with E-state index in [4.69, 9.17) is 0 Å². The Kier molecular flexibility index (Phi) is 5.56. The van der Waals surface area contributed by atoms with E-state index in [2.05, 4.69) is 22.4 Å². The van der Waals surface area contributed by atoms with Gasteiger partial charge in [0.05, 0.1) is 5.25 Å². The van der Waals surface area contributed by atoms with Gasteiger partial charge in [0.25, 0.3) is 0 Å². The Labute approximate surface area is 147 Å². The maximum Gasteiger partial charge on any atom is 0.233 e. The molecule has 3 rings (SSSR count). The lowest BCUT2D eigenvalue weighted by atomic mass is 9.86. The van der Waals surface area contributed by atoms with Gasteiger partial charge in [-0.05, 0) is 37.8 Å². The largest absolute Gasteiger partial charge is 0.352 e. The molecule has 1 aromatic heterocycles. The number of hydrogen-bond donors (Lipinski definition) is 1. The molecule has 1 heterocycles. The van der Waals surface area contributed by atoms with Gasteiger partial charge in [-0.15, -0.1) is 10.2 Å². The number of benzene rings is 1. The molecule has 1 aliphatic rings. The first-order chi connectivity index (χ1) is 11.6. The van der Waals surface area contributed by atoms with Crippen LogP contribution in [-0.2, 0) is 4.79 Å². The van der Waals surface area contributed by atoms with Crippen molar-refractivity contribution in [3.63, 3.8) is 0 Å². The minimum absolute atomic E-state index is 0.0846. The molecule has 128 valence electrons. The SMILES string of the molecule is C[C@@H](Sc1nncn1-c1ccccc1)C(=O)N[C@H]1CCCC[C@@H]1C. The zero-order valence-corrected chi connectivity index (χ0v) is 15.0. The minimum atomic E-state index is -0.203. The fourth-order valence-electron chi connectivity index (χ4n) is 3.11. The fraction of sp³-hybridized carbons (Fsp3) is 0.500. The molecule has 0 spiro atoms. The normalized spacial score (nSPS) is 22.1. The number of para-hydroxylation sites is 1. The lowest BCUT2D eigenvalue weighted by molar-refractivity contribution is -0.121. The van der Waals surface area contributed by atoms with Crippen molar-refractivity contribution in [2.45, 2.75) is 56.0 Å². The van der Waals surface area contributed by atoms with Crippen LogP contribution in [0.25, 0.3) is 5.69 Å². The highest BCUT2D eigenvalue weighted by Gasteiger charge is 2.26. The Morgan fingerprint density at radius 2 is 2.04 bits per heavy atom. The number of rotatable bonds is 5. The molecule has 2 aromatic rings. The first kappa shape index (κ1) is 17.0. The van der Waals surface area contributed by atoms with E-state index >= 15 is 0 Å². The average molecular weight is 344 g/mol. The fourth-order valence-corrected chi connectivity index (χ4v) is 3.96. The third kappa shape index (κ3) is 3.98. The second kappa shape index (κ2) is 7.83.